The minimum Gasteiger partial charge on any atom is -0.324 e. The van der Waals surface area contributed by atoms with Gasteiger partial charge in [-0.05, 0) is 38.1 Å². The van der Waals surface area contributed by atoms with E-state index in [1.807, 2.05) is 25.1 Å². The van der Waals surface area contributed by atoms with Crippen molar-refractivity contribution in [2.24, 2.45) is 0 Å². The molecule has 0 aliphatic carbocycles. The maximum absolute atomic E-state index is 6.05. The van der Waals surface area contributed by atoms with Gasteiger partial charge in [-0.25, -0.2) is 4.98 Å². The molecule has 0 aliphatic heterocycles. The molecule has 0 radical (unpaired) electrons. The van der Waals surface area contributed by atoms with Gasteiger partial charge in [0, 0.05) is 24.5 Å². The molecule has 108 valence electrons. The summed E-state index contributed by atoms with van der Waals surface area (Å²) in [7, 11) is 0. The van der Waals surface area contributed by atoms with Gasteiger partial charge in [-0.2, -0.15) is 0 Å². The molecule has 1 aromatic heterocycles. The first kappa shape index (κ1) is 15.1. The number of rotatable bonds is 7. The van der Waals surface area contributed by atoms with Gasteiger partial charge in [-0.1, -0.05) is 30.7 Å². The largest absolute Gasteiger partial charge is 0.324 e. The summed E-state index contributed by atoms with van der Waals surface area (Å²) >= 11 is 6.05. The highest BCUT2D eigenvalue weighted by atomic mass is 35.5. The Morgan fingerprint density at radius 1 is 1.40 bits per heavy atom. The van der Waals surface area contributed by atoms with Gasteiger partial charge < -0.3 is 9.88 Å². The molecule has 0 aliphatic rings. The van der Waals surface area contributed by atoms with Gasteiger partial charge in [0.15, 0.2) is 0 Å². The van der Waals surface area contributed by atoms with Gasteiger partial charge in [0.25, 0.3) is 0 Å². The number of nitrogens with zero attached hydrogens (tertiary/aromatic N) is 2. The second-order valence-corrected chi connectivity index (χ2v) is 5.64. The number of halogens is 1. The van der Waals surface area contributed by atoms with Crippen LogP contribution in [0.3, 0.4) is 0 Å². The second kappa shape index (κ2) is 6.91. The Labute approximate surface area is 125 Å². The van der Waals surface area contributed by atoms with Crippen LogP contribution in [0.15, 0.2) is 30.4 Å². The summed E-state index contributed by atoms with van der Waals surface area (Å²) in [6.45, 7) is 11.0. The number of allylic oxidation sites excluding steroid dienone is 1. The number of hydrogen-bond acceptors (Lipinski definition) is 2. The van der Waals surface area contributed by atoms with Crippen LogP contribution in [0.2, 0.25) is 5.02 Å². The zero-order chi connectivity index (χ0) is 14.5. The Kier molecular flexibility index (Phi) is 5.21. The summed E-state index contributed by atoms with van der Waals surface area (Å²) in [5, 5.41) is 4.15. The maximum atomic E-state index is 6.05. The first-order valence-corrected chi connectivity index (χ1v) is 7.49. The molecule has 0 saturated carbocycles. The van der Waals surface area contributed by atoms with Crippen molar-refractivity contribution in [1.29, 1.82) is 0 Å². The first-order chi connectivity index (χ1) is 9.61. The number of fused-ring (bicyclic) bond motifs is 1. The lowest BCUT2D eigenvalue weighted by Gasteiger charge is -2.09. The smallest absolute Gasteiger partial charge is 0.111 e. The third-order valence-electron chi connectivity index (χ3n) is 3.17. The van der Waals surface area contributed by atoms with Crippen LogP contribution >= 0.6 is 11.6 Å². The number of benzene rings is 1. The van der Waals surface area contributed by atoms with E-state index in [0.717, 1.165) is 59.9 Å². The van der Waals surface area contributed by atoms with E-state index in [2.05, 4.69) is 23.4 Å². The Hall–Kier alpha value is -1.32. The fraction of sp³-hybridized carbons (Fsp3) is 0.438. The molecule has 2 aromatic rings. The van der Waals surface area contributed by atoms with E-state index in [0.29, 0.717) is 0 Å². The molecule has 0 fully saturated rings. The molecular formula is C16H22ClN3. The third-order valence-corrected chi connectivity index (χ3v) is 3.40. The van der Waals surface area contributed by atoms with Gasteiger partial charge in [0.1, 0.15) is 5.82 Å². The predicted molar refractivity (Wildman–Crippen MR) is 86.4 cm³/mol. The van der Waals surface area contributed by atoms with Crippen molar-refractivity contribution in [2.45, 2.75) is 33.2 Å². The SMILES string of the molecule is C=C(C)Cn1c(CCNCCC)nc2cc(Cl)ccc21. The summed E-state index contributed by atoms with van der Waals surface area (Å²) in [5.74, 6) is 1.09. The standard InChI is InChI=1S/C16H22ClN3/c1-4-8-18-9-7-16-19-14-10-13(17)5-6-15(14)20(16)11-12(2)3/h5-6,10,18H,2,4,7-9,11H2,1,3H3. The predicted octanol–water partition coefficient (Wildman–Crippen LogP) is 3.81. The number of nitrogens with one attached hydrogen (secondary N) is 1. The number of hydrogen-bond donors (Lipinski definition) is 1. The van der Waals surface area contributed by atoms with Crippen molar-refractivity contribution < 1.29 is 0 Å². The quantitative estimate of drug-likeness (QED) is 0.621. The molecule has 1 aromatic carbocycles. The van der Waals surface area contributed by atoms with E-state index >= 15 is 0 Å². The molecule has 20 heavy (non-hydrogen) atoms. The highest BCUT2D eigenvalue weighted by Gasteiger charge is 2.10. The van der Waals surface area contributed by atoms with E-state index in [-0.39, 0.29) is 0 Å². The number of aromatic nitrogens is 2. The molecule has 1 heterocycles. The lowest BCUT2D eigenvalue weighted by Crippen LogP contribution is -2.19. The molecule has 0 saturated heterocycles. The zero-order valence-corrected chi connectivity index (χ0v) is 13.0. The molecule has 0 spiro atoms. The molecule has 1 N–H and O–H groups in total. The number of imidazole rings is 1. The minimum absolute atomic E-state index is 0.730. The van der Waals surface area contributed by atoms with Crippen molar-refractivity contribution in [3.63, 3.8) is 0 Å². The van der Waals surface area contributed by atoms with Crippen LogP contribution in [0.4, 0.5) is 0 Å². The van der Waals surface area contributed by atoms with Crippen LogP contribution in [0.1, 0.15) is 26.1 Å². The Balaban J connectivity index is 2.28. The molecule has 0 amide bonds. The van der Waals surface area contributed by atoms with Crippen molar-refractivity contribution in [2.75, 3.05) is 13.1 Å². The topological polar surface area (TPSA) is 29.9 Å². The fourth-order valence-electron chi connectivity index (χ4n) is 2.29. The fourth-order valence-corrected chi connectivity index (χ4v) is 2.46. The third kappa shape index (κ3) is 3.62. The lowest BCUT2D eigenvalue weighted by atomic mass is 10.3. The van der Waals surface area contributed by atoms with Gasteiger partial charge in [0.2, 0.25) is 0 Å². The average Bonchev–Trinajstić information content (AvgIpc) is 2.71. The van der Waals surface area contributed by atoms with Crippen LogP contribution in [0.25, 0.3) is 11.0 Å². The van der Waals surface area contributed by atoms with E-state index in [1.54, 1.807) is 0 Å². The Morgan fingerprint density at radius 3 is 2.90 bits per heavy atom. The summed E-state index contributed by atoms with van der Waals surface area (Å²) < 4.78 is 2.24. The van der Waals surface area contributed by atoms with Crippen LogP contribution < -0.4 is 5.32 Å². The molecular weight excluding hydrogens is 270 g/mol. The Morgan fingerprint density at radius 2 is 2.20 bits per heavy atom. The molecule has 4 heteroatoms. The minimum atomic E-state index is 0.730. The summed E-state index contributed by atoms with van der Waals surface area (Å²) in [6, 6.07) is 5.88. The van der Waals surface area contributed by atoms with Crippen LogP contribution in [-0.2, 0) is 13.0 Å². The normalized spacial score (nSPS) is 11.2. The van der Waals surface area contributed by atoms with Crippen molar-refractivity contribution in [1.82, 2.24) is 14.9 Å². The summed E-state index contributed by atoms with van der Waals surface area (Å²) in [4.78, 5) is 4.72. The van der Waals surface area contributed by atoms with Gasteiger partial charge in [-0.3, -0.25) is 0 Å². The van der Waals surface area contributed by atoms with Crippen LogP contribution in [0.5, 0.6) is 0 Å². The van der Waals surface area contributed by atoms with Crippen LogP contribution in [0, 0.1) is 0 Å². The van der Waals surface area contributed by atoms with E-state index in [9.17, 15) is 0 Å². The van der Waals surface area contributed by atoms with E-state index in [4.69, 9.17) is 16.6 Å². The Bertz CT molecular complexity index is 601. The van der Waals surface area contributed by atoms with Crippen molar-refractivity contribution >= 4 is 22.6 Å². The molecule has 3 nitrogen and oxygen atoms in total. The maximum Gasteiger partial charge on any atom is 0.111 e. The van der Waals surface area contributed by atoms with Crippen molar-refractivity contribution in [3.05, 3.63) is 41.2 Å². The first-order valence-electron chi connectivity index (χ1n) is 7.11. The molecule has 0 unspecified atom stereocenters. The van der Waals surface area contributed by atoms with Crippen LogP contribution in [-0.4, -0.2) is 22.6 Å². The highest BCUT2D eigenvalue weighted by molar-refractivity contribution is 6.31. The lowest BCUT2D eigenvalue weighted by molar-refractivity contribution is 0.637. The van der Waals surface area contributed by atoms with Gasteiger partial charge in [-0.15, -0.1) is 0 Å². The van der Waals surface area contributed by atoms with E-state index in [1.165, 1.54) is 0 Å². The van der Waals surface area contributed by atoms with Gasteiger partial charge in [0.05, 0.1) is 11.0 Å². The monoisotopic (exact) mass is 291 g/mol. The molecule has 0 atom stereocenters. The molecule has 2 rings (SSSR count). The molecule has 0 bridgehead atoms. The van der Waals surface area contributed by atoms with E-state index < -0.39 is 0 Å². The second-order valence-electron chi connectivity index (χ2n) is 5.20. The summed E-state index contributed by atoms with van der Waals surface area (Å²) in [5.41, 5.74) is 3.22. The summed E-state index contributed by atoms with van der Waals surface area (Å²) in [6.07, 6.45) is 2.07. The van der Waals surface area contributed by atoms with Gasteiger partial charge >= 0.3 is 0 Å². The van der Waals surface area contributed by atoms with Crippen molar-refractivity contribution in [3.8, 4) is 0 Å². The average molecular weight is 292 g/mol. The highest BCUT2D eigenvalue weighted by Crippen LogP contribution is 2.21. The zero-order valence-electron chi connectivity index (χ0n) is 12.2.